The van der Waals surface area contributed by atoms with Gasteiger partial charge in [0.15, 0.2) is 11.8 Å². The molecule has 5 heteroatoms. The van der Waals surface area contributed by atoms with Gasteiger partial charge in [-0.25, -0.2) is 4.98 Å². The van der Waals surface area contributed by atoms with Crippen LogP contribution in [0.3, 0.4) is 0 Å². The maximum absolute atomic E-state index is 6.19. The molecule has 0 saturated heterocycles. The van der Waals surface area contributed by atoms with Crippen LogP contribution in [0.15, 0.2) is 47.5 Å². The maximum Gasteiger partial charge on any atom is 0.199 e. The highest BCUT2D eigenvalue weighted by Crippen LogP contribution is 2.53. The molecule has 5 nitrogen and oxygen atoms in total. The Hall–Kier alpha value is -2.40. The molecular weight excluding hydrogens is 274 g/mol. The molecule has 4 N–H and O–H groups in total. The molecule has 1 aliphatic heterocycles. The third-order valence-corrected chi connectivity index (χ3v) is 4.79. The smallest absolute Gasteiger partial charge is 0.199 e. The number of nitrogens with two attached hydrogens (primary N) is 2. The summed E-state index contributed by atoms with van der Waals surface area (Å²) in [5.41, 5.74) is 15.5. The van der Waals surface area contributed by atoms with E-state index >= 15 is 0 Å². The van der Waals surface area contributed by atoms with E-state index in [1.807, 2.05) is 19.2 Å². The zero-order valence-corrected chi connectivity index (χ0v) is 12.5. The second-order valence-corrected chi connectivity index (χ2v) is 6.08. The zero-order chi connectivity index (χ0) is 15.3. The van der Waals surface area contributed by atoms with Crippen LogP contribution in [0.25, 0.3) is 0 Å². The van der Waals surface area contributed by atoms with Gasteiger partial charge in [-0.05, 0) is 30.5 Å². The van der Waals surface area contributed by atoms with E-state index in [-0.39, 0.29) is 11.6 Å². The third kappa shape index (κ3) is 1.82. The van der Waals surface area contributed by atoms with Gasteiger partial charge in [-0.3, -0.25) is 0 Å². The Labute approximate surface area is 129 Å². The molecule has 1 aromatic carbocycles. The minimum absolute atomic E-state index is 0.0357. The summed E-state index contributed by atoms with van der Waals surface area (Å²) in [6.07, 6.45) is 1.95. The lowest BCUT2D eigenvalue weighted by atomic mass is 9.91. The van der Waals surface area contributed by atoms with Gasteiger partial charge in [0.05, 0.1) is 5.69 Å². The van der Waals surface area contributed by atoms with Crippen molar-refractivity contribution in [1.29, 1.82) is 0 Å². The van der Waals surface area contributed by atoms with E-state index in [1.54, 1.807) is 4.90 Å². The highest BCUT2D eigenvalue weighted by molar-refractivity contribution is 5.83. The Balaban J connectivity index is 1.80. The van der Waals surface area contributed by atoms with E-state index in [1.165, 1.54) is 5.56 Å². The largest absolute Gasteiger partial charge is 0.369 e. The zero-order valence-electron chi connectivity index (χ0n) is 12.5. The Morgan fingerprint density at radius 3 is 2.55 bits per heavy atom. The van der Waals surface area contributed by atoms with Gasteiger partial charge < -0.3 is 16.4 Å². The molecule has 22 heavy (non-hydrogen) atoms. The summed E-state index contributed by atoms with van der Waals surface area (Å²) in [6.45, 7) is 0. The minimum atomic E-state index is -0.291. The molecular formula is C17H19N5. The van der Waals surface area contributed by atoms with Crippen molar-refractivity contribution in [2.24, 2.45) is 16.5 Å². The van der Waals surface area contributed by atoms with E-state index in [2.05, 4.69) is 35.3 Å². The number of guanidine groups is 1. The second-order valence-electron chi connectivity index (χ2n) is 6.08. The summed E-state index contributed by atoms with van der Waals surface area (Å²) < 4.78 is 0. The lowest BCUT2D eigenvalue weighted by Crippen LogP contribution is -2.43. The van der Waals surface area contributed by atoms with Crippen molar-refractivity contribution < 1.29 is 0 Å². The first kappa shape index (κ1) is 13.3. The minimum Gasteiger partial charge on any atom is -0.369 e. The molecule has 0 radical (unpaired) electrons. The normalized spacial score (nSPS) is 22.0. The summed E-state index contributed by atoms with van der Waals surface area (Å²) >= 11 is 0. The molecule has 1 atom stereocenters. The average Bonchev–Trinajstić information content (AvgIpc) is 3.35. The first-order chi connectivity index (χ1) is 10.6. The molecule has 2 heterocycles. The van der Waals surface area contributed by atoms with Crippen LogP contribution in [0.2, 0.25) is 0 Å². The third-order valence-electron chi connectivity index (χ3n) is 4.79. The van der Waals surface area contributed by atoms with E-state index in [4.69, 9.17) is 16.5 Å². The van der Waals surface area contributed by atoms with Gasteiger partial charge in [0.25, 0.3) is 0 Å². The van der Waals surface area contributed by atoms with Crippen molar-refractivity contribution in [1.82, 2.24) is 9.88 Å². The van der Waals surface area contributed by atoms with E-state index in [0.717, 1.165) is 24.1 Å². The molecule has 0 bridgehead atoms. The number of hydrogen-bond acceptors (Lipinski definition) is 5. The van der Waals surface area contributed by atoms with Crippen LogP contribution in [-0.2, 0) is 5.41 Å². The summed E-state index contributed by atoms with van der Waals surface area (Å²) in [4.78, 5) is 10.9. The van der Waals surface area contributed by atoms with Gasteiger partial charge in [-0.15, -0.1) is 0 Å². The van der Waals surface area contributed by atoms with Crippen molar-refractivity contribution >= 4 is 11.8 Å². The van der Waals surface area contributed by atoms with Crippen molar-refractivity contribution in [3.05, 3.63) is 59.3 Å². The maximum atomic E-state index is 6.19. The lowest BCUT2D eigenvalue weighted by Gasteiger charge is -2.30. The molecule has 1 aliphatic carbocycles. The fraction of sp³-hybridized carbons (Fsp3) is 0.294. The van der Waals surface area contributed by atoms with Crippen LogP contribution in [0.5, 0.6) is 0 Å². The molecule has 2 aromatic rings. The van der Waals surface area contributed by atoms with Crippen LogP contribution in [0.4, 0.5) is 5.82 Å². The van der Waals surface area contributed by atoms with Gasteiger partial charge in [0.1, 0.15) is 6.17 Å². The van der Waals surface area contributed by atoms with Gasteiger partial charge >= 0.3 is 0 Å². The Morgan fingerprint density at radius 1 is 1.14 bits per heavy atom. The van der Waals surface area contributed by atoms with Crippen molar-refractivity contribution in [3.8, 4) is 0 Å². The number of aliphatic imine (C=N–C) groups is 1. The van der Waals surface area contributed by atoms with E-state index in [0.29, 0.717) is 11.8 Å². The van der Waals surface area contributed by atoms with Crippen LogP contribution >= 0.6 is 0 Å². The first-order valence-electron chi connectivity index (χ1n) is 7.51. The number of hydrogen-bond donors (Lipinski definition) is 2. The van der Waals surface area contributed by atoms with Gasteiger partial charge in [0.2, 0.25) is 0 Å². The standard InChI is InChI=1S/C17H19N5/c1-22-14(18)12-7-8-13(20-15(12)21-16(22)19)17(9-10-17)11-5-3-2-4-6-11/h2-8,14H,9-10,18H2,1H3,(H2,19,20,21). The lowest BCUT2D eigenvalue weighted by molar-refractivity contribution is 0.374. The summed E-state index contributed by atoms with van der Waals surface area (Å²) in [5.74, 6) is 1.07. The predicted molar refractivity (Wildman–Crippen MR) is 86.7 cm³/mol. The molecule has 1 fully saturated rings. The first-order valence-corrected chi connectivity index (χ1v) is 7.51. The molecule has 2 aliphatic rings. The molecule has 1 aromatic heterocycles. The summed E-state index contributed by atoms with van der Waals surface area (Å²) in [7, 11) is 1.84. The summed E-state index contributed by atoms with van der Waals surface area (Å²) in [5, 5.41) is 0. The van der Waals surface area contributed by atoms with E-state index < -0.39 is 0 Å². The topological polar surface area (TPSA) is 80.5 Å². The van der Waals surface area contributed by atoms with Crippen molar-refractivity contribution in [3.63, 3.8) is 0 Å². The Morgan fingerprint density at radius 2 is 1.86 bits per heavy atom. The number of nitrogens with zero attached hydrogens (tertiary/aromatic N) is 3. The van der Waals surface area contributed by atoms with Gasteiger partial charge in [-0.1, -0.05) is 30.3 Å². The van der Waals surface area contributed by atoms with Crippen LogP contribution < -0.4 is 11.5 Å². The molecule has 0 spiro atoms. The Bertz CT molecular complexity index is 749. The van der Waals surface area contributed by atoms with Crippen molar-refractivity contribution in [2.45, 2.75) is 24.4 Å². The Kier molecular flexibility index (Phi) is 2.74. The predicted octanol–water partition coefficient (Wildman–Crippen LogP) is 2.01. The van der Waals surface area contributed by atoms with Gasteiger partial charge in [-0.2, -0.15) is 4.99 Å². The molecule has 4 rings (SSSR count). The summed E-state index contributed by atoms with van der Waals surface area (Å²) in [6, 6.07) is 14.7. The SMILES string of the molecule is CN1C(N)=Nc2nc(C3(c4ccccc4)CC3)ccc2C1N. The second kappa shape index (κ2) is 4.55. The van der Waals surface area contributed by atoms with Crippen LogP contribution in [0, 0.1) is 0 Å². The monoisotopic (exact) mass is 293 g/mol. The fourth-order valence-corrected chi connectivity index (χ4v) is 3.16. The fourth-order valence-electron chi connectivity index (χ4n) is 3.16. The molecule has 1 saturated carbocycles. The molecule has 1 unspecified atom stereocenters. The number of pyridine rings is 1. The number of benzene rings is 1. The van der Waals surface area contributed by atoms with Crippen LogP contribution in [0.1, 0.15) is 35.8 Å². The van der Waals surface area contributed by atoms with Gasteiger partial charge in [0, 0.05) is 18.0 Å². The molecule has 112 valence electrons. The number of rotatable bonds is 2. The van der Waals surface area contributed by atoms with Crippen molar-refractivity contribution in [2.75, 3.05) is 7.05 Å². The highest BCUT2D eigenvalue weighted by atomic mass is 15.3. The molecule has 0 amide bonds. The highest BCUT2D eigenvalue weighted by Gasteiger charge is 2.47. The average molecular weight is 293 g/mol. The van der Waals surface area contributed by atoms with E-state index in [9.17, 15) is 0 Å². The number of aromatic nitrogens is 1. The quantitative estimate of drug-likeness (QED) is 0.887. The van der Waals surface area contributed by atoms with Crippen LogP contribution in [-0.4, -0.2) is 22.9 Å². The number of fused-ring (bicyclic) bond motifs is 1.